The number of hydrogen-bond donors (Lipinski definition) is 1. The number of carbonyl (C=O) groups is 1. The molecule has 0 aliphatic carbocycles. The monoisotopic (exact) mass is 359 g/mol. The van der Waals surface area contributed by atoms with Crippen molar-refractivity contribution in [1.29, 1.82) is 0 Å². The summed E-state index contributed by atoms with van der Waals surface area (Å²) in [4.78, 5) is 21.5. The van der Waals surface area contributed by atoms with Gasteiger partial charge in [-0.15, -0.1) is 5.10 Å². The SMILES string of the molecule is Cc1ccc(-c2nc(NCc3ccco3)n(C(=O)c3ccccn3)n2)cc1. The molecule has 0 saturated carbocycles. The van der Waals surface area contributed by atoms with Crippen LogP contribution in [0.2, 0.25) is 0 Å². The van der Waals surface area contributed by atoms with Gasteiger partial charge in [-0.25, -0.2) is 0 Å². The first-order valence-corrected chi connectivity index (χ1v) is 8.47. The van der Waals surface area contributed by atoms with E-state index in [1.54, 1.807) is 36.7 Å². The highest BCUT2D eigenvalue weighted by Crippen LogP contribution is 2.20. The lowest BCUT2D eigenvalue weighted by molar-refractivity contribution is 0.0942. The molecule has 0 saturated heterocycles. The van der Waals surface area contributed by atoms with Gasteiger partial charge in [0.25, 0.3) is 5.91 Å². The van der Waals surface area contributed by atoms with E-state index < -0.39 is 0 Å². The molecule has 0 amide bonds. The quantitative estimate of drug-likeness (QED) is 0.586. The molecule has 4 rings (SSSR count). The van der Waals surface area contributed by atoms with Crippen LogP contribution in [0.25, 0.3) is 11.4 Å². The van der Waals surface area contributed by atoms with Crippen LogP contribution in [0.5, 0.6) is 0 Å². The van der Waals surface area contributed by atoms with Crippen LogP contribution < -0.4 is 5.32 Å². The molecule has 7 nitrogen and oxygen atoms in total. The maximum atomic E-state index is 12.9. The Labute approximate surface area is 155 Å². The van der Waals surface area contributed by atoms with Crippen LogP contribution in [0, 0.1) is 6.92 Å². The summed E-state index contributed by atoms with van der Waals surface area (Å²) in [6.07, 6.45) is 3.17. The fourth-order valence-electron chi connectivity index (χ4n) is 2.57. The number of carbonyl (C=O) groups excluding carboxylic acids is 1. The lowest BCUT2D eigenvalue weighted by atomic mass is 10.1. The molecule has 1 N–H and O–H groups in total. The molecule has 134 valence electrons. The van der Waals surface area contributed by atoms with E-state index in [1.165, 1.54) is 4.68 Å². The normalized spacial score (nSPS) is 10.7. The van der Waals surface area contributed by atoms with Gasteiger partial charge in [0.05, 0.1) is 12.8 Å². The summed E-state index contributed by atoms with van der Waals surface area (Å²) in [5.74, 6) is 1.16. The van der Waals surface area contributed by atoms with E-state index in [9.17, 15) is 4.79 Å². The van der Waals surface area contributed by atoms with Crippen molar-refractivity contribution in [3.05, 3.63) is 84.1 Å². The molecular weight excluding hydrogens is 342 g/mol. The Morgan fingerprint density at radius 1 is 1.11 bits per heavy atom. The topological polar surface area (TPSA) is 85.8 Å². The number of pyridine rings is 1. The standard InChI is InChI=1S/C20H17N5O2/c1-14-7-9-15(10-8-14)18-23-20(22-13-16-5-4-12-27-16)25(24-18)19(26)17-6-2-3-11-21-17/h2-12H,13H2,1H3,(H,22,23,24). The van der Waals surface area contributed by atoms with Gasteiger partial charge in [0, 0.05) is 11.8 Å². The highest BCUT2D eigenvalue weighted by molar-refractivity contribution is 5.95. The van der Waals surface area contributed by atoms with Gasteiger partial charge >= 0.3 is 0 Å². The minimum atomic E-state index is -0.358. The van der Waals surface area contributed by atoms with Gasteiger partial charge < -0.3 is 9.73 Å². The number of nitrogens with one attached hydrogen (secondary N) is 1. The van der Waals surface area contributed by atoms with E-state index in [4.69, 9.17) is 4.42 Å². The number of anilines is 1. The first-order valence-electron chi connectivity index (χ1n) is 8.47. The number of benzene rings is 1. The van der Waals surface area contributed by atoms with Crippen molar-refractivity contribution in [2.24, 2.45) is 0 Å². The predicted molar refractivity (Wildman–Crippen MR) is 100 cm³/mol. The number of hydrogen-bond acceptors (Lipinski definition) is 6. The van der Waals surface area contributed by atoms with E-state index in [1.807, 2.05) is 37.3 Å². The third-order valence-electron chi connectivity index (χ3n) is 3.99. The van der Waals surface area contributed by atoms with Gasteiger partial charge in [0.1, 0.15) is 11.5 Å². The molecule has 0 aliphatic rings. The third kappa shape index (κ3) is 3.62. The Morgan fingerprint density at radius 2 is 1.96 bits per heavy atom. The highest BCUT2D eigenvalue weighted by atomic mass is 16.3. The Hall–Kier alpha value is -3.74. The largest absolute Gasteiger partial charge is 0.467 e. The molecule has 0 aliphatic heterocycles. The Balaban J connectivity index is 1.70. The first kappa shape index (κ1) is 16.7. The van der Waals surface area contributed by atoms with Crippen LogP contribution in [0.1, 0.15) is 21.8 Å². The van der Waals surface area contributed by atoms with Gasteiger partial charge in [-0.2, -0.15) is 9.67 Å². The van der Waals surface area contributed by atoms with E-state index >= 15 is 0 Å². The average molecular weight is 359 g/mol. The fraction of sp³-hybridized carbons (Fsp3) is 0.100. The zero-order chi connectivity index (χ0) is 18.6. The Morgan fingerprint density at radius 3 is 2.67 bits per heavy atom. The molecule has 0 unspecified atom stereocenters. The molecule has 3 aromatic heterocycles. The van der Waals surface area contributed by atoms with Crippen LogP contribution in [-0.2, 0) is 6.54 Å². The highest BCUT2D eigenvalue weighted by Gasteiger charge is 2.19. The number of rotatable bonds is 5. The average Bonchev–Trinajstić information content (AvgIpc) is 3.37. The molecule has 0 spiro atoms. The molecule has 4 aromatic rings. The maximum Gasteiger partial charge on any atom is 0.299 e. The van der Waals surface area contributed by atoms with Crippen molar-refractivity contribution in [2.75, 3.05) is 5.32 Å². The third-order valence-corrected chi connectivity index (χ3v) is 3.99. The van der Waals surface area contributed by atoms with Gasteiger partial charge in [0.15, 0.2) is 5.82 Å². The van der Waals surface area contributed by atoms with Crippen LogP contribution in [0.3, 0.4) is 0 Å². The molecule has 0 fully saturated rings. The van der Waals surface area contributed by atoms with Crippen molar-refractivity contribution in [1.82, 2.24) is 19.7 Å². The van der Waals surface area contributed by atoms with Crippen molar-refractivity contribution < 1.29 is 9.21 Å². The van der Waals surface area contributed by atoms with Crippen LogP contribution in [0.15, 0.2) is 71.5 Å². The van der Waals surface area contributed by atoms with E-state index in [0.717, 1.165) is 16.9 Å². The summed E-state index contributed by atoms with van der Waals surface area (Å²) in [5, 5.41) is 7.52. The first-order chi connectivity index (χ1) is 13.2. The minimum absolute atomic E-state index is 0.291. The van der Waals surface area contributed by atoms with Gasteiger partial charge in [-0.1, -0.05) is 35.9 Å². The molecule has 0 atom stereocenters. The van der Waals surface area contributed by atoms with E-state index in [2.05, 4.69) is 20.4 Å². The summed E-state index contributed by atoms with van der Waals surface area (Å²) in [6.45, 7) is 2.39. The summed E-state index contributed by atoms with van der Waals surface area (Å²) < 4.78 is 6.56. The number of aryl methyl sites for hydroxylation is 1. The number of nitrogens with zero attached hydrogens (tertiary/aromatic N) is 4. The Bertz CT molecular complexity index is 1040. The second-order valence-electron chi connectivity index (χ2n) is 5.99. The van der Waals surface area contributed by atoms with Crippen LogP contribution >= 0.6 is 0 Å². The summed E-state index contributed by atoms with van der Waals surface area (Å²) in [6, 6.07) is 16.6. The van der Waals surface area contributed by atoms with Crippen molar-refractivity contribution in [3.8, 4) is 11.4 Å². The number of aromatic nitrogens is 4. The van der Waals surface area contributed by atoms with Crippen LogP contribution in [-0.4, -0.2) is 25.7 Å². The second kappa shape index (κ2) is 7.25. The molecule has 0 radical (unpaired) electrons. The molecule has 0 bridgehead atoms. The zero-order valence-electron chi connectivity index (χ0n) is 14.7. The summed E-state index contributed by atoms with van der Waals surface area (Å²) in [7, 11) is 0. The van der Waals surface area contributed by atoms with Crippen molar-refractivity contribution >= 4 is 11.9 Å². The Kier molecular flexibility index (Phi) is 4.49. The van der Waals surface area contributed by atoms with Crippen molar-refractivity contribution in [3.63, 3.8) is 0 Å². The lowest BCUT2D eigenvalue weighted by Crippen LogP contribution is -2.18. The van der Waals surface area contributed by atoms with Crippen molar-refractivity contribution in [2.45, 2.75) is 13.5 Å². The van der Waals surface area contributed by atoms with Gasteiger partial charge in [-0.05, 0) is 31.2 Å². The smallest absolute Gasteiger partial charge is 0.299 e. The molecular formula is C20H17N5O2. The minimum Gasteiger partial charge on any atom is -0.467 e. The van der Waals surface area contributed by atoms with Gasteiger partial charge in [-0.3, -0.25) is 9.78 Å². The zero-order valence-corrected chi connectivity index (χ0v) is 14.7. The maximum absolute atomic E-state index is 12.9. The molecule has 7 heteroatoms. The molecule has 1 aromatic carbocycles. The predicted octanol–water partition coefficient (Wildman–Crippen LogP) is 3.54. The van der Waals surface area contributed by atoms with Crippen LogP contribution in [0.4, 0.5) is 5.95 Å². The molecule has 3 heterocycles. The van der Waals surface area contributed by atoms with E-state index in [0.29, 0.717) is 24.0 Å². The molecule has 27 heavy (non-hydrogen) atoms. The second-order valence-corrected chi connectivity index (χ2v) is 5.99. The van der Waals surface area contributed by atoms with Gasteiger partial charge in [0.2, 0.25) is 5.95 Å². The fourth-order valence-corrected chi connectivity index (χ4v) is 2.57. The number of furan rings is 1. The van der Waals surface area contributed by atoms with E-state index in [-0.39, 0.29) is 5.91 Å². The lowest BCUT2D eigenvalue weighted by Gasteiger charge is -2.05. The summed E-state index contributed by atoms with van der Waals surface area (Å²) in [5.41, 5.74) is 2.26. The summed E-state index contributed by atoms with van der Waals surface area (Å²) >= 11 is 0.